The molecule has 0 aliphatic carbocycles. The van der Waals surface area contributed by atoms with Crippen molar-refractivity contribution < 1.29 is 4.74 Å². The Bertz CT molecular complexity index is 652. The molecule has 0 unspecified atom stereocenters. The summed E-state index contributed by atoms with van der Waals surface area (Å²) in [6, 6.07) is 18.5. The molecule has 2 heteroatoms. The third kappa shape index (κ3) is 2.01. The van der Waals surface area contributed by atoms with E-state index in [1.54, 1.807) is 7.11 Å². The highest BCUT2D eigenvalue weighted by Crippen LogP contribution is 2.47. The van der Waals surface area contributed by atoms with E-state index in [1.165, 1.54) is 42.5 Å². The summed E-state index contributed by atoms with van der Waals surface area (Å²) in [6.07, 6.45) is 5.01. The predicted octanol–water partition coefficient (Wildman–Crippen LogP) is 4.35. The third-order valence-corrected chi connectivity index (χ3v) is 5.02. The lowest BCUT2D eigenvalue weighted by molar-refractivity contribution is 0.405. The molecule has 0 spiro atoms. The van der Waals surface area contributed by atoms with Gasteiger partial charge in [0.2, 0.25) is 0 Å². The van der Waals surface area contributed by atoms with E-state index >= 15 is 0 Å². The predicted molar refractivity (Wildman–Crippen MR) is 86.0 cm³/mol. The normalized spacial score (nSPS) is 23.6. The van der Waals surface area contributed by atoms with Crippen LogP contribution in [0.4, 0.5) is 5.69 Å². The Labute approximate surface area is 126 Å². The van der Waals surface area contributed by atoms with Crippen LogP contribution in [-0.2, 0) is 6.42 Å². The van der Waals surface area contributed by atoms with Crippen LogP contribution >= 0.6 is 0 Å². The number of hydrogen-bond acceptors (Lipinski definition) is 2. The second kappa shape index (κ2) is 5.10. The Balaban J connectivity index is 1.79. The molecule has 0 amide bonds. The van der Waals surface area contributed by atoms with Gasteiger partial charge in [-0.3, -0.25) is 0 Å². The summed E-state index contributed by atoms with van der Waals surface area (Å²) < 4.78 is 5.60. The van der Waals surface area contributed by atoms with Crippen LogP contribution in [0.2, 0.25) is 0 Å². The zero-order valence-corrected chi connectivity index (χ0v) is 12.5. The minimum absolute atomic E-state index is 0.451. The van der Waals surface area contributed by atoms with Crippen LogP contribution < -0.4 is 9.64 Å². The number of aryl methyl sites for hydroxylation is 1. The van der Waals surface area contributed by atoms with Crippen molar-refractivity contribution in [3.05, 3.63) is 59.7 Å². The van der Waals surface area contributed by atoms with Crippen molar-refractivity contribution in [2.24, 2.45) is 0 Å². The highest BCUT2D eigenvalue weighted by molar-refractivity contribution is 5.60. The molecule has 0 radical (unpaired) electrons. The molecule has 0 aromatic heterocycles. The highest BCUT2D eigenvalue weighted by atomic mass is 16.5. The minimum Gasteiger partial charge on any atom is -0.496 e. The van der Waals surface area contributed by atoms with E-state index in [9.17, 15) is 0 Å². The van der Waals surface area contributed by atoms with E-state index in [0.29, 0.717) is 12.1 Å². The van der Waals surface area contributed by atoms with Crippen LogP contribution in [-0.4, -0.2) is 13.2 Å². The first-order chi connectivity index (χ1) is 10.4. The van der Waals surface area contributed by atoms with E-state index in [1.807, 2.05) is 0 Å². The Morgan fingerprint density at radius 2 is 1.76 bits per heavy atom. The van der Waals surface area contributed by atoms with Gasteiger partial charge in [0, 0.05) is 17.3 Å². The zero-order chi connectivity index (χ0) is 14.2. The van der Waals surface area contributed by atoms with Gasteiger partial charge in [0.15, 0.2) is 0 Å². The van der Waals surface area contributed by atoms with Crippen molar-refractivity contribution in [2.45, 2.75) is 37.8 Å². The van der Waals surface area contributed by atoms with Crippen molar-refractivity contribution >= 4 is 5.69 Å². The van der Waals surface area contributed by atoms with Crippen LogP contribution in [0.25, 0.3) is 0 Å². The molecule has 2 nitrogen and oxygen atoms in total. The van der Waals surface area contributed by atoms with Gasteiger partial charge in [-0.05, 0) is 43.4 Å². The van der Waals surface area contributed by atoms with E-state index in [2.05, 4.69) is 53.4 Å². The summed E-state index contributed by atoms with van der Waals surface area (Å²) in [5, 5.41) is 0. The number of anilines is 1. The van der Waals surface area contributed by atoms with Crippen LogP contribution in [0.5, 0.6) is 5.75 Å². The molecule has 4 rings (SSSR count). The monoisotopic (exact) mass is 279 g/mol. The Kier molecular flexibility index (Phi) is 3.10. The van der Waals surface area contributed by atoms with Gasteiger partial charge in [0.05, 0.1) is 13.2 Å². The molecule has 2 aliphatic rings. The lowest BCUT2D eigenvalue weighted by Crippen LogP contribution is -2.35. The van der Waals surface area contributed by atoms with E-state index in [4.69, 9.17) is 4.74 Å². The van der Waals surface area contributed by atoms with Crippen LogP contribution in [0.15, 0.2) is 48.5 Å². The van der Waals surface area contributed by atoms with Crippen molar-refractivity contribution in [2.75, 3.05) is 12.0 Å². The van der Waals surface area contributed by atoms with Gasteiger partial charge in [-0.2, -0.15) is 0 Å². The standard InChI is InChI=1S/C19H21NO/c1-21-19-9-5-3-7-16(19)18-13-12-15-11-10-14-6-2-4-8-17(14)20(15)18/h2-9,15,18H,10-13H2,1H3/t15-,18-/m0/s1. The number of para-hydroxylation sites is 2. The summed E-state index contributed by atoms with van der Waals surface area (Å²) >= 11 is 0. The molecule has 2 aliphatic heterocycles. The maximum absolute atomic E-state index is 5.60. The molecular formula is C19H21NO. The second-order valence-electron chi connectivity index (χ2n) is 6.06. The number of rotatable bonds is 2. The molecule has 2 heterocycles. The van der Waals surface area contributed by atoms with Crippen molar-refractivity contribution in [3.63, 3.8) is 0 Å². The largest absolute Gasteiger partial charge is 0.496 e. The number of methoxy groups -OCH3 is 1. The lowest BCUT2D eigenvalue weighted by atomic mass is 9.96. The molecule has 2 aromatic rings. The topological polar surface area (TPSA) is 12.5 Å². The fourth-order valence-electron chi connectivity index (χ4n) is 4.07. The Hall–Kier alpha value is -1.96. The van der Waals surface area contributed by atoms with Crippen LogP contribution in [0, 0.1) is 0 Å². The Morgan fingerprint density at radius 1 is 0.952 bits per heavy atom. The molecule has 108 valence electrons. The molecule has 0 saturated carbocycles. The van der Waals surface area contributed by atoms with Gasteiger partial charge < -0.3 is 9.64 Å². The first-order valence-corrected chi connectivity index (χ1v) is 7.87. The van der Waals surface area contributed by atoms with Crippen molar-refractivity contribution in [3.8, 4) is 5.75 Å². The fourth-order valence-corrected chi connectivity index (χ4v) is 4.07. The number of nitrogens with zero attached hydrogens (tertiary/aromatic N) is 1. The highest BCUT2D eigenvalue weighted by Gasteiger charge is 2.38. The first-order valence-electron chi connectivity index (χ1n) is 7.87. The number of benzene rings is 2. The smallest absolute Gasteiger partial charge is 0.124 e. The second-order valence-corrected chi connectivity index (χ2v) is 6.06. The van der Waals surface area contributed by atoms with Gasteiger partial charge >= 0.3 is 0 Å². The maximum Gasteiger partial charge on any atom is 0.124 e. The summed E-state index contributed by atoms with van der Waals surface area (Å²) in [6.45, 7) is 0. The molecule has 0 N–H and O–H groups in total. The van der Waals surface area contributed by atoms with Crippen molar-refractivity contribution in [1.29, 1.82) is 0 Å². The summed E-state index contributed by atoms with van der Waals surface area (Å²) in [4.78, 5) is 2.65. The fraction of sp³-hybridized carbons (Fsp3) is 0.368. The van der Waals surface area contributed by atoms with E-state index < -0.39 is 0 Å². The molecular weight excluding hydrogens is 258 g/mol. The van der Waals surface area contributed by atoms with Gasteiger partial charge in [0.25, 0.3) is 0 Å². The SMILES string of the molecule is COc1ccccc1[C@@H]1CC[C@@H]2CCc3ccccc3N21. The molecule has 1 saturated heterocycles. The van der Waals surface area contributed by atoms with Gasteiger partial charge in [-0.1, -0.05) is 36.4 Å². The lowest BCUT2D eigenvalue weighted by Gasteiger charge is -2.38. The number of fused-ring (bicyclic) bond motifs is 3. The van der Waals surface area contributed by atoms with Gasteiger partial charge in [-0.25, -0.2) is 0 Å². The zero-order valence-electron chi connectivity index (χ0n) is 12.5. The average Bonchev–Trinajstić information content (AvgIpc) is 2.99. The number of ether oxygens (including phenoxy) is 1. The van der Waals surface area contributed by atoms with Crippen molar-refractivity contribution in [1.82, 2.24) is 0 Å². The molecule has 2 atom stereocenters. The Morgan fingerprint density at radius 3 is 2.67 bits per heavy atom. The molecule has 1 fully saturated rings. The average molecular weight is 279 g/mol. The van der Waals surface area contributed by atoms with E-state index in [-0.39, 0.29) is 0 Å². The van der Waals surface area contributed by atoms with Gasteiger partial charge in [0.1, 0.15) is 5.75 Å². The van der Waals surface area contributed by atoms with Crippen LogP contribution in [0.1, 0.15) is 36.4 Å². The maximum atomic E-state index is 5.60. The molecule has 2 aromatic carbocycles. The summed E-state index contributed by atoms with van der Waals surface area (Å²) in [7, 11) is 1.77. The quantitative estimate of drug-likeness (QED) is 0.810. The van der Waals surface area contributed by atoms with Crippen LogP contribution in [0.3, 0.4) is 0 Å². The summed E-state index contributed by atoms with van der Waals surface area (Å²) in [5.74, 6) is 1.02. The number of hydrogen-bond donors (Lipinski definition) is 0. The molecule has 21 heavy (non-hydrogen) atoms. The van der Waals surface area contributed by atoms with E-state index in [0.717, 1.165) is 5.75 Å². The summed E-state index contributed by atoms with van der Waals surface area (Å²) in [5.41, 5.74) is 4.26. The minimum atomic E-state index is 0.451. The third-order valence-electron chi connectivity index (χ3n) is 5.02. The molecule has 0 bridgehead atoms. The van der Waals surface area contributed by atoms with Gasteiger partial charge in [-0.15, -0.1) is 0 Å². The first kappa shape index (κ1) is 12.8.